The summed E-state index contributed by atoms with van der Waals surface area (Å²) in [5, 5.41) is 0. The zero-order valence-corrected chi connectivity index (χ0v) is 13.7. The average Bonchev–Trinajstić information content (AvgIpc) is 3.03. The van der Waals surface area contributed by atoms with Crippen molar-refractivity contribution in [3.05, 3.63) is 47.1 Å². The Bertz CT molecular complexity index is 680. The largest absolute Gasteiger partial charge is 0.339 e. The predicted octanol–water partition coefficient (Wildman–Crippen LogP) is 2.16. The van der Waals surface area contributed by atoms with E-state index in [0.29, 0.717) is 5.56 Å². The maximum Gasteiger partial charge on any atom is 0.236 e. The van der Waals surface area contributed by atoms with Crippen molar-refractivity contribution >= 4 is 17.2 Å². The number of carbonyl (C=O) groups excluding carboxylic acids is 1. The molecular weight excluding hydrogens is 313 g/mol. The molecule has 2 N–H and O–H groups in total. The van der Waals surface area contributed by atoms with Crippen LogP contribution < -0.4 is 5.73 Å². The Hall–Kier alpha value is -1.76. The summed E-state index contributed by atoms with van der Waals surface area (Å²) in [5.41, 5.74) is 6.05. The second-order valence-corrected chi connectivity index (χ2v) is 6.78. The van der Waals surface area contributed by atoms with Crippen LogP contribution in [0.15, 0.2) is 36.4 Å². The van der Waals surface area contributed by atoms with Crippen LogP contribution in [0.4, 0.5) is 4.39 Å². The highest BCUT2D eigenvalue weighted by Gasteiger charge is 2.20. The Morgan fingerprint density at radius 3 is 2.57 bits per heavy atom. The summed E-state index contributed by atoms with van der Waals surface area (Å²) >= 11 is 1.62. The van der Waals surface area contributed by atoms with Gasteiger partial charge in [0, 0.05) is 48.0 Å². The molecule has 0 unspecified atom stereocenters. The number of amides is 1. The molecule has 122 valence electrons. The molecule has 1 aliphatic rings. The van der Waals surface area contributed by atoms with Crippen LogP contribution in [0.3, 0.4) is 0 Å². The van der Waals surface area contributed by atoms with Crippen LogP contribution in [0.25, 0.3) is 10.4 Å². The highest BCUT2D eigenvalue weighted by atomic mass is 32.1. The van der Waals surface area contributed by atoms with Gasteiger partial charge < -0.3 is 10.6 Å². The van der Waals surface area contributed by atoms with Crippen molar-refractivity contribution in [3.63, 3.8) is 0 Å². The van der Waals surface area contributed by atoms with Crippen LogP contribution in [0.1, 0.15) is 4.88 Å². The number of piperazine rings is 1. The molecule has 0 aliphatic carbocycles. The van der Waals surface area contributed by atoms with E-state index >= 15 is 0 Å². The number of halogens is 1. The van der Waals surface area contributed by atoms with Gasteiger partial charge in [0.25, 0.3) is 0 Å². The van der Waals surface area contributed by atoms with Gasteiger partial charge in [0.1, 0.15) is 5.82 Å². The Balaban J connectivity index is 1.60. The smallest absolute Gasteiger partial charge is 0.236 e. The number of nitrogens with two attached hydrogens (primary N) is 1. The lowest BCUT2D eigenvalue weighted by atomic mass is 10.2. The van der Waals surface area contributed by atoms with Crippen LogP contribution in [-0.2, 0) is 11.3 Å². The minimum atomic E-state index is -0.185. The highest BCUT2D eigenvalue weighted by molar-refractivity contribution is 7.15. The third kappa shape index (κ3) is 3.77. The first kappa shape index (κ1) is 16.1. The molecule has 4 nitrogen and oxygen atoms in total. The van der Waals surface area contributed by atoms with E-state index in [1.165, 1.54) is 10.9 Å². The molecule has 1 aromatic heterocycles. The molecule has 0 bridgehead atoms. The molecule has 3 rings (SSSR count). The summed E-state index contributed by atoms with van der Waals surface area (Å²) < 4.78 is 13.8. The topological polar surface area (TPSA) is 49.6 Å². The van der Waals surface area contributed by atoms with Crippen molar-refractivity contribution < 1.29 is 9.18 Å². The first-order chi connectivity index (χ1) is 11.2. The lowest BCUT2D eigenvalue weighted by molar-refractivity contribution is -0.131. The molecule has 23 heavy (non-hydrogen) atoms. The summed E-state index contributed by atoms with van der Waals surface area (Å²) in [5.74, 6) is -0.169. The van der Waals surface area contributed by atoms with Crippen LogP contribution in [0.2, 0.25) is 0 Å². The first-order valence-corrected chi connectivity index (χ1v) is 8.53. The van der Waals surface area contributed by atoms with E-state index in [2.05, 4.69) is 11.0 Å². The molecule has 2 heterocycles. The molecule has 0 saturated carbocycles. The average molecular weight is 333 g/mol. The fourth-order valence-electron chi connectivity index (χ4n) is 2.77. The maximum atomic E-state index is 13.8. The van der Waals surface area contributed by atoms with Crippen LogP contribution >= 0.6 is 11.3 Å². The fraction of sp³-hybridized carbons (Fsp3) is 0.353. The quantitative estimate of drug-likeness (QED) is 0.933. The van der Waals surface area contributed by atoms with Gasteiger partial charge in [-0.3, -0.25) is 9.69 Å². The van der Waals surface area contributed by atoms with Gasteiger partial charge in [-0.05, 0) is 18.2 Å². The molecule has 0 radical (unpaired) electrons. The zero-order chi connectivity index (χ0) is 16.2. The van der Waals surface area contributed by atoms with E-state index in [1.54, 1.807) is 17.4 Å². The first-order valence-electron chi connectivity index (χ1n) is 7.71. The van der Waals surface area contributed by atoms with Gasteiger partial charge in [-0.25, -0.2) is 4.39 Å². The second-order valence-electron chi connectivity index (χ2n) is 5.61. The van der Waals surface area contributed by atoms with Crippen LogP contribution in [0, 0.1) is 5.82 Å². The SMILES string of the molecule is NCC(=O)N1CCN(Cc2ccc(-c3ccccc3F)s2)CC1. The van der Waals surface area contributed by atoms with Crippen molar-refractivity contribution in [2.75, 3.05) is 32.7 Å². The standard InChI is InChI=1S/C17H20FN3OS/c18-15-4-2-1-3-14(15)16-6-5-13(23-16)12-20-7-9-21(10-8-20)17(22)11-19/h1-6H,7-12,19H2. The Morgan fingerprint density at radius 2 is 1.87 bits per heavy atom. The summed E-state index contributed by atoms with van der Waals surface area (Å²) in [7, 11) is 0. The van der Waals surface area contributed by atoms with E-state index in [9.17, 15) is 9.18 Å². The number of hydrogen-bond acceptors (Lipinski definition) is 4. The number of rotatable bonds is 4. The molecule has 0 spiro atoms. The molecule has 1 aliphatic heterocycles. The third-order valence-corrected chi connectivity index (χ3v) is 5.18. The number of carbonyl (C=O) groups is 1. The predicted molar refractivity (Wildman–Crippen MR) is 90.6 cm³/mol. The molecule has 2 aromatic rings. The summed E-state index contributed by atoms with van der Waals surface area (Å²) in [6, 6.07) is 10.9. The highest BCUT2D eigenvalue weighted by Crippen LogP contribution is 2.30. The van der Waals surface area contributed by atoms with Crippen molar-refractivity contribution in [2.24, 2.45) is 5.73 Å². The Kier molecular flexibility index (Phi) is 5.05. The van der Waals surface area contributed by atoms with Gasteiger partial charge in [-0.15, -0.1) is 11.3 Å². The lowest BCUT2D eigenvalue weighted by Crippen LogP contribution is -2.49. The van der Waals surface area contributed by atoms with Crippen molar-refractivity contribution in [1.29, 1.82) is 0 Å². The second kappa shape index (κ2) is 7.21. The lowest BCUT2D eigenvalue weighted by Gasteiger charge is -2.34. The molecule has 1 amide bonds. The molecule has 1 fully saturated rings. The van der Waals surface area contributed by atoms with E-state index in [4.69, 9.17) is 5.73 Å². The van der Waals surface area contributed by atoms with Crippen molar-refractivity contribution in [2.45, 2.75) is 6.54 Å². The summed E-state index contributed by atoms with van der Waals surface area (Å²) in [6.07, 6.45) is 0. The van der Waals surface area contributed by atoms with Gasteiger partial charge in [0.2, 0.25) is 5.91 Å². The van der Waals surface area contributed by atoms with E-state index in [0.717, 1.165) is 37.6 Å². The number of nitrogens with zero attached hydrogens (tertiary/aromatic N) is 2. The van der Waals surface area contributed by atoms with Gasteiger partial charge in [0.15, 0.2) is 0 Å². The Morgan fingerprint density at radius 1 is 1.13 bits per heavy atom. The summed E-state index contributed by atoms with van der Waals surface area (Å²) in [6.45, 7) is 4.06. The van der Waals surface area contributed by atoms with Crippen molar-refractivity contribution in [3.8, 4) is 10.4 Å². The normalized spacial score (nSPS) is 15.8. The van der Waals surface area contributed by atoms with E-state index in [-0.39, 0.29) is 18.3 Å². The van der Waals surface area contributed by atoms with Crippen molar-refractivity contribution in [1.82, 2.24) is 9.80 Å². The molecule has 1 aromatic carbocycles. The molecule has 6 heteroatoms. The third-order valence-electron chi connectivity index (χ3n) is 4.08. The van der Waals surface area contributed by atoms with Gasteiger partial charge in [-0.2, -0.15) is 0 Å². The van der Waals surface area contributed by atoms with E-state index in [1.807, 2.05) is 23.1 Å². The van der Waals surface area contributed by atoms with Gasteiger partial charge in [-0.1, -0.05) is 18.2 Å². The van der Waals surface area contributed by atoms with Crippen LogP contribution in [-0.4, -0.2) is 48.4 Å². The fourth-order valence-corrected chi connectivity index (χ4v) is 3.85. The zero-order valence-electron chi connectivity index (χ0n) is 12.9. The number of thiophene rings is 1. The van der Waals surface area contributed by atoms with Gasteiger partial charge >= 0.3 is 0 Å². The minimum Gasteiger partial charge on any atom is -0.339 e. The molecular formula is C17H20FN3OS. The summed E-state index contributed by atoms with van der Waals surface area (Å²) in [4.78, 5) is 17.9. The number of benzene rings is 1. The Labute approximate surface area is 139 Å². The monoisotopic (exact) mass is 333 g/mol. The van der Waals surface area contributed by atoms with Crippen LogP contribution in [0.5, 0.6) is 0 Å². The maximum absolute atomic E-state index is 13.8. The molecule has 1 saturated heterocycles. The van der Waals surface area contributed by atoms with E-state index < -0.39 is 0 Å². The van der Waals surface area contributed by atoms with Gasteiger partial charge in [0.05, 0.1) is 6.54 Å². The number of hydrogen-bond donors (Lipinski definition) is 1. The minimum absolute atomic E-state index is 0.0163. The molecule has 0 atom stereocenters.